The highest BCUT2D eigenvalue weighted by molar-refractivity contribution is 7.05. The molecule has 0 aliphatic rings. The lowest BCUT2D eigenvalue weighted by Gasteiger charge is -2.15. The molecule has 0 aliphatic heterocycles. The van der Waals surface area contributed by atoms with Crippen LogP contribution in [-0.4, -0.2) is 9.59 Å². The minimum absolute atomic E-state index is 0.254. The van der Waals surface area contributed by atoms with E-state index in [4.69, 9.17) is 5.73 Å². The first-order valence-electron chi connectivity index (χ1n) is 5.88. The van der Waals surface area contributed by atoms with Crippen LogP contribution in [0.25, 0.3) is 0 Å². The number of aryl methyl sites for hydroxylation is 3. The molecule has 0 bridgehead atoms. The Bertz CT molecular complexity index is 542. The molecule has 1 aromatic heterocycles. The molecule has 0 saturated carbocycles. The minimum atomic E-state index is -0.486. The van der Waals surface area contributed by atoms with Gasteiger partial charge in [-0.3, -0.25) is 0 Å². The Balaban J connectivity index is 2.49. The standard InChI is InChI=1S/C13H16FN3S/c1-4-10-13(18-17-16-10)12(15)11-8(3)5-7(2)6-9(11)14/h5-6,12H,4,15H2,1-3H3. The van der Waals surface area contributed by atoms with Crippen LogP contribution in [0.5, 0.6) is 0 Å². The number of rotatable bonds is 3. The lowest BCUT2D eigenvalue weighted by Crippen LogP contribution is -2.15. The zero-order valence-electron chi connectivity index (χ0n) is 10.7. The fourth-order valence-corrected chi connectivity index (χ4v) is 2.90. The third kappa shape index (κ3) is 2.28. The largest absolute Gasteiger partial charge is 0.319 e. The Labute approximate surface area is 110 Å². The van der Waals surface area contributed by atoms with Gasteiger partial charge in [0.25, 0.3) is 0 Å². The predicted octanol–water partition coefficient (Wildman–Crippen LogP) is 2.90. The van der Waals surface area contributed by atoms with E-state index in [0.29, 0.717) is 5.56 Å². The number of nitrogens with zero attached hydrogens (tertiary/aromatic N) is 2. The van der Waals surface area contributed by atoms with Crippen molar-refractivity contribution in [2.75, 3.05) is 0 Å². The Morgan fingerprint density at radius 1 is 1.39 bits per heavy atom. The average molecular weight is 265 g/mol. The number of benzene rings is 1. The van der Waals surface area contributed by atoms with Crippen LogP contribution in [0.1, 0.15) is 40.2 Å². The molecule has 1 aromatic carbocycles. The van der Waals surface area contributed by atoms with Gasteiger partial charge in [0.05, 0.1) is 16.6 Å². The topological polar surface area (TPSA) is 51.8 Å². The van der Waals surface area contributed by atoms with E-state index in [1.807, 2.05) is 26.8 Å². The second kappa shape index (κ2) is 5.12. The molecule has 1 atom stereocenters. The van der Waals surface area contributed by atoms with Crippen molar-refractivity contribution >= 4 is 11.5 Å². The summed E-state index contributed by atoms with van der Waals surface area (Å²) in [6.07, 6.45) is 0.756. The Kier molecular flexibility index (Phi) is 3.73. The molecule has 2 N–H and O–H groups in total. The van der Waals surface area contributed by atoms with E-state index in [1.165, 1.54) is 17.6 Å². The summed E-state index contributed by atoms with van der Waals surface area (Å²) in [6.45, 7) is 5.74. The smallest absolute Gasteiger partial charge is 0.128 e. The minimum Gasteiger partial charge on any atom is -0.319 e. The third-order valence-electron chi connectivity index (χ3n) is 2.99. The summed E-state index contributed by atoms with van der Waals surface area (Å²) >= 11 is 1.25. The lowest BCUT2D eigenvalue weighted by molar-refractivity contribution is 0.596. The van der Waals surface area contributed by atoms with E-state index < -0.39 is 6.04 Å². The highest BCUT2D eigenvalue weighted by Crippen LogP contribution is 2.29. The van der Waals surface area contributed by atoms with Gasteiger partial charge in [-0.25, -0.2) is 4.39 Å². The molecule has 0 fully saturated rings. The normalized spacial score (nSPS) is 12.7. The molecule has 0 radical (unpaired) electrons. The molecular formula is C13H16FN3S. The Morgan fingerprint density at radius 3 is 2.72 bits per heavy atom. The predicted molar refractivity (Wildman–Crippen MR) is 71.2 cm³/mol. The monoisotopic (exact) mass is 265 g/mol. The first-order valence-corrected chi connectivity index (χ1v) is 6.65. The molecule has 2 aromatic rings. The number of halogens is 1. The average Bonchev–Trinajstić information content (AvgIpc) is 2.75. The van der Waals surface area contributed by atoms with Crippen molar-refractivity contribution in [1.82, 2.24) is 9.59 Å². The fourth-order valence-electron chi connectivity index (χ4n) is 2.15. The van der Waals surface area contributed by atoms with Gasteiger partial charge < -0.3 is 5.73 Å². The van der Waals surface area contributed by atoms with Gasteiger partial charge in [-0.05, 0) is 49.0 Å². The van der Waals surface area contributed by atoms with Crippen LogP contribution in [0.4, 0.5) is 4.39 Å². The number of aromatic nitrogens is 2. The molecule has 1 unspecified atom stereocenters. The fraction of sp³-hybridized carbons (Fsp3) is 0.385. The van der Waals surface area contributed by atoms with Crippen molar-refractivity contribution in [2.24, 2.45) is 5.73 Å². The molecule has 2 rings (SSSR count). The quantitative estimate of drug-likeness (QED) is 0.928. The van der Waals surface area contributed by atoms with Crippen molar-refractivity contribution in [3.8, 4) is 0 Å². The van der Waals surface area contributed by atoms with Crippen LogP contribution in [-0.2, 0) is 6.42 Å². The molecule has 3 nitrogen and oxygen atoms in total. The zero-order valence-corrected chi connectivity index (χ0v) is 11.5. The summed E-state index contributed by atoms with van der Waals surface area (Å²) in [6, 6.07) is 2.97. The first-order chi connectivity index (χ1) is 8.54. The van der Waals surface area contributed by atoms with Crippen molar-refractivity contribution in [3.63, 3.8) is 0 Å². The van der Waals surface area contributed by atoms with Gasteiger partial charge in [0, 0.05) is 5.56 Å². The number of hydrogen-bond donors (Lipinski definition) is 1. The molecule has 0 aliphatic carbocycles. The van der Waals surface area contributed by atoms with E-state index in [9.17, 15) is 4.39 Å². The molecule has 1 heterocycles. The lowest BCUT2D eigenvalue weighted by atomic mass is 9.97. The van der Waals surface area contributed by atoms with Gasteiger partial charge in [-0.15, -0.1) is 5.10 Å². The van der Waals surface area contributed by atoms with Gasteiger partial charge in [0.2, 0.25) is 0 Å². The Morgan fingerprint density at radius 2 is 2.11 bits per heavy atom. The summed E-state index contributed by atoms with van der Waals surface area (Å²) in [5, 5.41) is 4.02. The number of hydrogen-bond acceptors (Lipinski definition) is 4. The van der Waals surface area contributed by atoms with Crippen LogP contribution < -0.4 is 5.73 Å². The van der Waals surface area contributed by atoms with Gasteiger partial charge in [0.15, 0.2) is 0 Å². The van der Waals surface area contributed by atoms with E-state index in [-0.39, 0.29) is 5.82 Å². The maximum Gasteiger partial charge on any atom is 0.128 e. The van der Waals surface area contributed by atoms with Crippen LogP contribution in [0.2, 0.25) is 0 Å². The van der Waals surface area contributed by atoms with Gasteiger partial charge >= 0.3 is 0 Å². The van der Waals surface area contributed by atoms with Crippen molar-refractivity contribution < 1.29 is 4.39 Å². The van der Waals surface area contributed by atoms with Crippen molar-refractivity contribution in [2.45, 2.75) is 33.2 Å². The van der Waals surface area contributed by atoms with E-state index in [0.717, 1.165) is 28.1 Å². The van der Waals surface area contributed by atoms with Crippen LogP contribution in [0.15, 0.2) is 12.1 Å². The summed E-state index contributed by atoms with van der Waals surface area (Å²) < 4.78 is 18.0. The van der Waals surface area contributed by atoms with E-state index in [2.05, 4.69) is 9.59 Å². The second-order valence-electron chi connectivity index (χ2n) is 4.39. The third-order valence-corrected chi connectivity index (χ3v) is 3.84. The molecule has 5 heteroatoms. The van der Waals surface area contributed by atoms with Crippen molar-refractivity contribution in [3.05, 3.63) is 45.2 Å². The summed E-state index contributed by atoms with van der Waals surface area (Å²) in [5.41, 5.74) is 9.35. The Hall–Kier alpha value is -1.33. The van der Waals surface area contributed by atoms with Gasteiger partial charge in [0.1, 0.15) is 5.82 Å². The highest BCUT2D eigenvalue weighted by Gasteiger charge is 2.21. The summed E-state index contributed by atoms with van der Waals surface area (Å²) in [7, 11) is 0. The second-order valence-corrected chi connectivity index (χ2v) is 5.18. The highest BCUT2D eigenvalue weighted by atomic mass is 32.1. The zero-order chi connectivity index (χ0) is 13.3. The molecule has 0 spiro atoms. The van der Waals surface area contributed by atoms with Gasteiger partial charge in [-0.2, -0.15) is 0 Å². The maximum absolute atomic E-state index is 14.1. The molecular weight excluding hydrogens is 249 g/mol. The molecule has 96 valence electrons. The molecule has 0 amide bonds. The maximum atomic E-state index is 14.1. The van der Waals surface area contributed by atoms with Crippen LogP contribution in [0, 0.1) is 19.7 Å². The van der Waals surface area contributed by atoms with Crippen LogP contribution >= 0.6 is 11.5 Å². The first kappa shape index (κ1) is 13.1. The van der Waals surface area contributed by atoms with Crippen molar-refractivity contribution in [1.29, 1.82) is 0 Å². The summed E-state index contributed by atoms with van der Waals surface area (Å²) in [4.78, 5) is 0.850. The van der Waals surface area contributed by atoms with Crippen LogP contribution in [0.3, 0.4) is 0 Å². The molecule has 18 heavy (non-hydrogen) atoms. The summed E-state index contributed by atoms with van der Waals surface area (Å²) in [5.74, 6) is -0.254. The molecule has 0 saturated heterocycles. The van der Waals surface area contributed by atoms with E-state index >= 15 is 0 Å². The van der Waals surface area contributed by atoms with Gasteiger partial charge in [-0.1, -0.05) is 17.5 Å². The number of nitrogens with two attached hydrogens (primary N) is 1. The van der Waals surface area contributed by atoms with E-state index in [1.54, 1.807) is 0 Å². The SMILES string of the molecule is CCc1nnsc1C(N)c1c(C)cc(C)cc1F.